The van der Waals surface area contributed by atoms with E-state index in [2.05, 4.69) is 49.2 Å². The second-order valence-electron chi connectivity index (χ2n) is 4.57. The van der Waals surface area contributed by atoms with Gasteiger partial charge in [0.2, 0.25) is 0 Å². The number of halogens is 1. The minimum absolute atomic E-state index is 0.294. The predicted octanol–water partition coefficient (Wildman–Crippen LogP) is 4.05. The van der Waals surface area contributed by atoms with E-state index in [-0.39, 0.29) is 0 Å². The highest BCUT2D eigenvalue weighted by atomic mass is 35.5. The average molecular weight is 301 g/mol. The fourth-order valence-electron chi connectivity index (χ4n) is 1.94. The molecule has 19 heavy (non-hydrogen) atoms. The van der Waals surface area contributed by atoms with E-state index in [1.54, 1.807) is 0 Å². The van der Waals surface area contributed by atoms with Crippen molar-refractivity contribution in [3.05, 3.63) is 28.8 Å². The number of nitrogens with one attached hydrogen (secondary N) is 1. The normalized spacial score (nSPS) is 12.9. The Balaban J connectivity index is 2.54. The molecule has 1 atom stereocenters. The van der Waals surface area contributed by atoms with Crippen molar-refractivity contribution in [3.8, 4) is 0 Å². The molecule has 0 saturated carbocycles. The summed E-state index contributed by atoms with van der Waals surface area (Å²) in [5, 5.41) is 4.07. The molecule has 0 spiro atoms. The van der Waals surface area contributed by atoms with Gasteiger partial charge < -0.3 is 10.2 Å². The van der Waals surface area contributed by atoms with Gasteiger partial charge in [-0.05, 0) is 44.8 Å². The van der Waals surface area contributed by atoms with E-state index in [0.717, 1.165) is 36.0 Å². The Morgan fingerprint density at radius 3 is 2.53 bits per heavy atom. The van der Waals surface area contributed by atoms with Gasteiger partial charge in [0.25, 0.3) is 0 Å². The van der Waals surface area contributed by atoms with Gasteiger partial charge in [-0.1, -0.05) is 31.5 Å². The Labute approximate surface area is 126 Å². The molecule has 1 aromatic carbocycles. The van der Waals surface area contributed by atoms with Crippen molar-refractivity contribution in [2.24, 2.45) is 0 Å². The Bertz CT molecular complexity index is 380. The molecular weight excluding hydrogens is 276 g/mol. The molecule has 0 saturated heterocycles. The summed E-state index contributed by atoms with van der Waals surface area (Å²) < 4.78 is 0. The number of benzene rings is 1. The third kappa shape index (κ3) is 5.35. The van der Waals surface area contributed by atoms with E-state index in [4.69, 9.17) is 11.6 Å². The monoisotopic (exact) mass is 300 g/mol. The Morgan fingerprint density at radius 1 is 1.32 bits per heavy atom. The van der Waals surface area contributed by atoms with Crippen LogP contribution in [0.2, 0.25) is 5.02 Å². The summed E-state index contributed by atoms with van der Waals surface area (Å²) in [6.45, 7) is 9.91. The summed E-state index contributed by atoms with van der Waals surface area (Å²) in [5.74, 6) is 1.11. The zero-order valence-electron chi connectivity index (χ0n) is 12.4. The molecule has 2 nitrogen and oxygen atoms in total. The highest BCUT2D eigenvalue weighted by molar-refractivity contribution is 7.99. The molecule has 0 radical (unpaired) electrons. The summed E-state index contributed by atoms with van der Waals surface area (Å²) >= 11 is 8.21. The lowest BCUT2D eigenvalue weighted by Gasteiger charge is -2.17. The molecule has 4 heteroatoms. The van der Waals surface area contributed by atoms with Crippen LogP contribution in [0.5, 0.6) is 0 Å². The third-order valence-corrected chi connectivity index (χ3v) is 4.74. The second kappa shape index (κ2) is 8.85. The third-order valence-electron chi connectivity index (χ3n) is 3.44. The molecule has 1 aromatic rings. The van der Waals surface area contributed by atoms with Gasteiger partial charge in [-0.25, -0.2) is 0 Å². The van der Waals surface area contributed by atoms with Gasteiger partial charge in [-0.2, -0.15) is 0 Å². The zero-order valence-corrected chi connectivity index (χ0v) is 13.9. The molecule has 1 N–H and O–H groups in total. The Kier molecular flexibility index (Phi) is 7.84. The minimum atomic E-state index is 0.294. The Morgan fingerprint density at radius 2 is 2.00 bits per heavy atom. The van der Waals surface area contributed by atoms with Crippen molar-refractivity contribution >= 4 is 23.4 Å². The lowest BCUT2D eigenvalue weighted by atomic mass is 10.1. The molecule has 0 bridgehead atoms. The van der Waals surface area contributed by atoms with E-state index in [1.165, 1.54) is 4.90 Å². The van der Waals surface area contributed by atoms with Crippen LogP contribution < -0.4 is 5.32 Å². The summed E-state index contributed by atoms with van der Waals surface area (Å²) in [7, 11) is 1.95. The van der Waals surface area contributed by atoms with E-state index < -0.39 is 0 Å². The van der Waals surface area contributed by atoms with Crippen molar-refractivity contribution in [3.63, 3.8) is 0 Å². The van der Waals surface area contributed by atoms with Gasteiger partial charge in [-0.3, -0.25) is 0 Å². The lowest BCUT2D eigenvalue weighted by Crippen LogP contribution is -2.25. The van der Waals surface area contributed by atoms with Crippen molar-refractivity contribution < 1.29 is 0 Å². The van der Waals surface area contributed by atoms with Gasteiger partial charge >= 0.3 is 0 Å². The van der Waals surface area contributed by atoms with Crippen LogP contribution in [0.4, 0.5) is 0 Å². The second-order valence-corrected chi connectivity index (χ2v) is 6.14. The van der Waals surface area contributed by atoms with Crippen molar-refractivity contribution in [2.75, 3.05) is 32.4 Å². The molecule has 1 unspecified atom stereocenters. The average Bonchev–Trinajstić information content (AvgIpc) is 2.43. The number of hydrogen-bond acceptors (Lipinski definition) is 3. The van der Waals surface area contributed by atoms with E-state index in [0.29, 0.717) is 6.04 Å². The van der Waals surface area contributed by atoms with E-state index >= 15 is 0 Å². The van der Waals surface area contributed by atoms with Crippen molar-refractivity contribution in [2.45, 2.75) is 31.7 Å². The van der Waals surface area contributed by atoms with Crippen LogP contribution in [-0.2, 0) is 0 Å². The quantitative estimate of drug-likeness (QED) is 0.729. The van der Waals surface area contributed by atoms with Gasteiger partial charge in [0.1, 0.15) is 0 Å². The maximum atomic E-state index is 6.34. The molecular formula is C15H25ClN2S. The highest BCUT2D eigenvalue weighted by Crippen LogP contribution is 2.28. The van der Waals surface area contributed by atoms with Crippen LogP contribution in [0.25, 0.3) is 0 Å². The predicted molar refractivity (Wildman–Crippen MR) is 87.4 cm³/mol. The SMILES string of the molecule is CCN(CC)CCSc1ccc(C(C)NC)c(Cl)c1. The van der Waals surface area contributed by atoms with Crippen LogP contribution in [0.3, 0.4) is 0 Å². The number of thioether (sulfide) groups is 1. The molecule has 0 aliphatic heterocycles. The highest BCUT2D eigenvalue weighted by Gasteiger charge is 2.08. The fraction of sp³-hybridized carbons (Fsp3) is 0.600. The number of rotatable bonds is 8. The number of hydrogen-bond donors (Lipinski definition) is 1. The first-order valence-corrected chi connectivity index (χ1v) is 8.30. The summed E-state index contributed by atoms with van der Waals surface area (Å²) in [6.07, 6.45) is 0. The van der Waals surface area contributed by atoms with Crippen LogP contribution in [0.1, 0.15) is 32.4 Å². The molecule has 1 rings (SSSR count). The van der Waals surface area contributed by atoms with Gasteiger partial charge in [0.15, 0.2) is 0 Å². The van der Waals surface area contributed by atoms with Gasteiger partial charge in [0.05, 0.1) is 0 Å². The van der Waals surface area contributed by atoms with Crippen LogP contribution in [0.15, 0.2) is 23.1 Å². The Hall–Kier alpha value is -0.220. The van der Waals surface area contributed by atoms with Gasteiger partial charge in [0, 0.05) is 28.3 Å². The maximum absolute atomic E-state index is 6.34. The smallest absolute Gasteiger partial charge is 0.0464 e. The van der Waals surface area contributed by atoms with Gasteiger partial charge in [-0.15, -0.1) is 11.8 Å². The molecule has 0 heterocycles. The van der Waals surface area contributed by atoms with Crippen molar-refractivity contribution in [1.82, 2.24) is 10.2 Å². The largest absolute Gasteiger partial charge is 0.313 e. The standard InChI is InChI=1S/C15H25ClN2S/c1-5-18(6-2)9-10-19-13-7-8-14(12(3)17-4)15(16)11-13/h7-8,11-12,17H,5-6,9-10H2,1-4H3. The first-order chi connectivity index (χ1) is 9.12. The molecule has 0 aliphatic carbocycles. The number of nitrogens with zero attached hydrogens (tertiary/aromatic N) is 1. The fourth-order valence-corrected chi connectivity index (χ4v) is 3.30. The van der Waals surface area contributed by atoms with Crippen LogP contribution in [0, 0.1) is 0 Å². The summed E-state index contributed by atoms with van der Waals surface area (Å²) in [5.41, 5.74) is 1.16. The first kappa shape index (κ1) is 16.8. The van der Waals surface area contributed by atoms with Crippen LogP contribution >= 0.6 is 23.4 Å². The van der Waals surface area contributed by atoms with E-state index in [9.17, 15) is 0 Å². The minimum Gasteiger partial charge on any atom is -0.313 e. The van der Waals surface area contributed by atoms with Crippen LogP contribution in [-0.4, -0.2) is 37.3 Å². The van der Waals surface area contributed by atoms with Crippen molar-refractivity contribution in [1.29, 1.82) is 0 Å². The summed E-state index contributed by atoms with van der Waals surface area (Å²) in [6, 6.07) is 6.67. The molecule has 108 valence electrons. The molecule has 0 amide bonds. The summed E-state index contributed by atoms with van der Waals surface area (Å²) in [4.78, 5) is 3.69. The molecule has 0 aliphatic rings. The van der Waals surface area contributed by atoms with E-state index in [1.807, 2.05) is 18.8 Å². The maximum Gasteiger partial charge on any atom is 0.0464 e. The first-order valence-electron chi connectivity index (χ1n) is 6.94. The zero-order chi connectivity index (χ0) is 14.3. The topological polar surface area (TPSA) is 15.3 Å². The lowest BCUT2D eigenvalue weighted by molar-refractivity contribution is 0.324. The molecule has 0 aromatic heterocycles. The molecule has 0 fully saturated rings.